The number of esters is 1. The zero-order valence-electron chi connectivity index (χ0n) is 16.6. The molecule has 0 aliphatic carbocycles. The number of carbonyl (C=O) groups excluding carboxylic acids is 1. The number of methoxy groups -OCH3 is 1. The van der Waals surface area contributed by atoms with Crippen LogP contribution in [0.4, 0.5) is 0 Å². The van der Waals surface area contributed by atoms with Crippen LogP contribution in [-0.4, -0.2) is 24.2 Å². The summed E-state index contributed by atoms with van der Waals surface area (Å²) in [5.41, 5.74) is 2.76. The molecule has 0 aromatic heterocycles. The normalized spacial score (nSPS) is 12.2. The Morgan fingerprint density at radius 2 is 1.71 bits per heavy atom. The van der Waals surface area contributed by atoms with Gasteiger partial charge in [-0.3, -0.25) is 4.79 Å². The molecule has 2 aromatic carbocycles. The van der Waals surface area contributed by atoms with Gasteiger partial charge in [-0.15, -0.1) is 0 Å². The van der Waals surface area contributed by atoms with Crippen LogP contribution in [0.15, 0.2) is 48.5 Å². The van der Waals surface area contributed by atoms with E-state index in [2.05, 4.69) is 13.8 Å². The monoisotopic (exact) mass is 382 g/mol. The second-order valence-electron chi connectivity index (χ2n) is 7.06. The van der Waals surface area contributed by atoms with Crippen LogP contribution in [0.2, 0.25) is 0 Å². The van der Waals surface area contributed by atoms with Crippen molar-refractivity contribution in [2.45, 2.75) is 33.1 Å². The van der Waals surface area contributed by atoms with E-state index < -0.39 is 11.9 Å². The fraction of sp³-hybridized carbons (Fsp3) is 0.304. The first-order chi connectivity index (χ1) is 13.3. The number of carboxylic acids is 1. The highest BCUT2D eigenvalue weighted by atomic mass is 16.6. The molecule has 2 rings (SSSR count). The maximum atomic E-state index is 12.6. The summed E-state index contributed by atoms with van der Waals surface area (Å²) in [4.78, 5) is 23.2. The van der Waals surface area contributed by atoms with Crippen molar-refractivity contribution in [3.63, 3.8) is 0 Å². The summed E-state index contributed by atoms with van der Waals surface area (Å²) in [5.74, 6) is -0.617. The van der Waals surface area contributed by atoms with Crippen molar-refractivity contribution in [3.05, 3.63) is 65.2 Å². The van der Waals surface area contributed by atoms with Gasteiger partial charge in [-0.05, 0) is 54.2 Å². The summed E-state index contributed by atoms with van der Waals surface area (Å²) in [6.45, 7) is 6.14. The second kappa shape index (κ2) is 9.74. The molecular formula is C23H26O5. The Morgan fingerprint density at radius 3 is 2.29 bits per heavy atom. The van der Waals surface area contributed by atoms with E-state index in [0.717, 1.165) is 18.1 Å². The maximum absolute atomic E-state index is 12.6. The van der Waals surface area contributed by atoms with E-state index in [-0.39, 0.29) is 5.97 Å². The van der Waals surface area contributed by atoms with Gasteiger partial charge < -0.3 is 14.6 Å². The standard InChI is InChI=1S/C23H26O5/c1-15(2)13-17-5-9-19(10-6-17)16(3)23(26)28-20-11-7-18(8-12-22(24)25)14-21(20)27-4/h5-12,14-16H,13H2,1-4H3,(H,24,25)/b12-8+. The first-order valence-corrected chi connectivity index (χ1v) is 9.19. The molecule has 2 aromatic rings. The minimum Gasteiger partial charge on any atom is -0.493 e. The third-order valence-electron chi connectivity index (χ3n) is 4.29. The summed E-state index contributed by atoms with van der Waals surface area (Å²) in [7, 11) is 1.47. The van der Waals surface area contributed by atoms with Gasteiger partial charge in [0.25, 0.3) is 0 Å². The Hall–Kier alpha value is -3.08. The van der Waals surface area contributed by atoms with Gasteiger partial charge in [0.05, 0.1) is 13.0 Å². The molecule has 0 aliphatic rings. The van der Waals surface area contributed by atoms with E-state index in [4.69, 9.17) is 14.6 Å². The lowest BCUT2D eigenvalue weighted by molar-refractivity contribution is -0.136. The Morgan fingerprint density at radius 1 is 1.04 bits per heavy atom. The van der Waals surface area contributed by atoms with Crippen molar-refractivity contribution < 1.29 is 24.2 Å². The van der Waals surface area contributed by atoms with Gasteiger partial charge in [0.1, 0.15) is 0 Å². The van der Waals surface area contributed by atoms with Crippen molar-refractivity contribution in [2.75, 3.05) is 7.11 Å². The average Bonchev–Trinajstić information content (AvgIpc) is 2.66. The van der Waals surface area contributed by atoms with Crippen LogP contribution in [0.5, 0.6) is 11.5 Å². The molecular weight excluding hydrogens is 356 g/mol. The van der Waals surface area contributed by atoms with Crippen LogP contribution in [0.3, 0.4) is 0 Å². The predicted molar refractivity (Wildman–Crippen MR) is 109 cm³/mol. The Kier molecular flexibility index (Phi) is 7.38. The molecule has 0 aliphatic heterocycles. The van der Waals surface area contributed by atoms with Gasteiger partial charge in [-0.25, -0.2) is 4.79 Å². The van der Waals surface area contributed by atoms with E-state index in [1.807, 2.05) is 24.3 Å². The van der Waals surface area contributed by atoms with Crippen molar-refractivity contribution in [1.82, 2.24) is 0 Å². The lowest BCUT2D eigenvalue weighted by Gasteiger charge is -2.15. The molecule has 5 nitrogen and oxygen atoms in total. The number of benzene rings is 2. The number of hydrogen-bond donors (Lipinski definition) is 1. The molecule has 148 valence electrons. The first kappa shape index (κ1) is 21.2. The molecule has 0 fully saturated rings. The molecule has 28 heavy (non-hydrogen) atoms. The van der Waals surface area contributed by atoms with Gasteiger partial charge in [0.15, 0.2) is 11.5 Å². The fourth-order valence-electron chi connectivity index (χ4n) is 2.79. The smallest absolute Gasteiger partial charge is 0.328 e. The second-order valence-corrected chi connectivity index (χ2v) is 7.06. The number of hydrogen-bond acceptors (Lipinski definition) is 4. The molecule has 0 heterocycles. The highest BCUT2D eigenvalue weighted by Crippen LogP contribution is 2.30. The Labute approximate surface area is 165 Å². The summed E-state index contributed by atoms with van der Waals surface area (Å²) >= 11 is 0. The van der Waals surface area contributed by atoms with E-state index in [0.29, 0.717) is 23.0 Å². The van der Waals surface area contributed by atoms with Crippen molar-refractivity contribution in [1.29, 1.82) is 0 Å². The van der Waals surface area contributed by atoms with E-state index in [1.165, 1.54) is 18.7 Å². The molecule has 1 N–H and O–H groups in total. The molecule has 1 unspecified atom stereocenters. The predicted octanol–water partition coefficient (Wildman–Crippen LogP) is 4.70. The summed E-state index contributed by atoms with van der Waals surface area (Å²) in [6.07, 6.45) is 3.47. The average molecular weight is 382 g/mol. The largest absolute Gasteiger partial charge is 0.493 e. The molecule has 0 saturated carbocycles. The van der Waals surface area contributed by atoms with Crippen LogP contribution >= 0.6 is 0 Å². The first-order valence-electron chi connectivity index (χ1n) is 9.19. The molecule has 0 amide bonds. The molecule has 5 heteroatoms. The maximum Gasteiger partial charge on any atom is 0.328 e. The van der Waals surface area contributed by atoms with Crippen LogP contribution in [0.25, 0.3) is 6.08 Å². The Balaban J connectivity index is 2.11. The molecule has 0 bridgehead atoms. The van der Waals surface area contributed by atoms with Gasteiger partial charge in [0, 0.05) is 6.08 Å². The molecule has 1 atom stereocenters. The zero-order valence-corrected chi connectivity index (χ0v) is 16.6. The number of carbonyl (C=O) groups is 2. The third kappa shape index (κ3) is 5.98. The van der Waals surface area contributed by atoms with Gasteiger partial charge in [0.2, 0.25) is 0 Å². The topological polar surface area (TPSA) is 72.8 Å². The van der Waals surface area contributed by atoms with Gasteiger partial charge in [-0.2, -0.15) is 0 Å². The number of ether oxygens (including phenoxy) is 2. The number of carboxylic acid groups (broad SMARTS) is 1. The highest BCUT2D eigenvalue weighted by Gasteiger charge is 2.19. The minimum absolute atomic E-state index is 0.295. The van der Waals surface area contributed by atoms with E-state index >= 15 is 0 Å². The molecule has 0 saturated heterocycles. The van der Waals surface area contributed by atoms with Crippen molar-refractivity contribution >= 4 is 18.0 Å². The molecule has 0 radical (unpaired) electrons. The lowest BCUT2D eigenvalue weighted by Crippen LogP contribution is -2.16. The highest BCUT2D eigenvalue weighted by molar-refractivity contribution is 5.85. The Bertz CT molecular complexity index is 850. The zero-order chi connectivity index (χ0) is 20.7. The van der Waals surface area contributed by atoms with Gasteiger partial charge >= 0.3 is 11.9 Å². The van der Waals surface area contributed by atoms with Crippen LogP contribution in [-0.2, 0) is 16.0 Å². The van der Waals surface area contributed by atoms with Crippen LogP contribution < -0.4 is 9.47 Å². The number of aliphatic carboxylic acids is 1. The fourth-order valence-corrected chi connectivity index (χ4v) is 2.79. The third-order valence-corrected chi connectivity index (χ3v) is 4.29. The van der Waals surface area contributed by atoms with Crippen LogP contribution in [0, 0.1) is 5.92 Å². The van der Waals surface area contributed by atoms with Crippen molar-refractivity contribution in [3.8, 4) is 11.5 Å². The SMILES string of the molecule is COc1cc(/C=C/C(=O)O)ccc1OC(=O)C(C)c1ccc(CC(C)C)cc1. The van der Waals surface area contributed by atoms with E-state index in [1.54, 1.807) is 25.1 Å². The number of rotatable bonds is 8. The van der Waals surface area contributed by atoms with Gasteiger partial charge in [-0.1, -0.05) is 44.2 Å². The quantitative estimate of drug-likeness (QED) is 0.407. The van der Waals surface area contributed by atoms with Crippen molar-refractivity contribution in [2.24, 2.45) is 5.92 Å². The molecule has 0 spiro atoms. The summed E-state index contributed by atoms with van der Waals surface area (Å²) in [5, 5.41) is 8.72. The van der Waals surface area contributed by atoms with Crippen LogP contribution in [0.1, 0.15) is 43.4 Å². The minimum atomic E-state index is -1.04. The summed E-state index contributed by atoms with van der Waals surface area (Å²) in [6, 6.07) is 12.9. The lowest BCUT2D eigenvalue weighted by atomic mass is 9.97. The summed E-state index contributed by atoms with van der Waals surface area (Å²) < 4.78 is 10.8. The van der Waals surface area contributed by atoms with E-state index in [9.17, 15) is 9.59 Å².